The van der Waals surface area contributed by atoms with Crippen LogP contribution in [0.4, 0.5) is 5.69 Å². The molecule has 17 heavy (non-hydrogen) atoms. The van der Waals surface area contributed by atoms with Crippen LogP contribution in [0.1, 0.15) is 15.2 Å². The van der Waals surface area contributed by atoms with Crippen molar-refractivity contribution in [3.05, 3.63) is 46.4 Å². The fraction of sp³-hybridized carbons (Fsp3) is 0.0833. The Balaban J connectivity index is 2.35. The fourth-order valence-corrected chi connectivity index (χ4v) is 2.05. The highest BCUT2D eigenvalue weighted by Gasteiger charge is 2.17. The quantitative estimate of drug-likeness (QED) is 0.813. The summed E-state index contributed by atoms with van der Waals surface area (Å²) in [7, 11) is 1.65. The van der Waals surface area contributed by atoms with Crippen LogP contribution in [-0.2, 0) is 0 Å². The van der Waals surface area contributed by atoms with E-state index in [2.05, 4.69) is 11.1 Å². The zero-order chi connectivity index (χ0) is 12.3. The Morgan fingerprint density at radius 2 is 2.24 bits per heavy atom. The van der Waals surface area contributed by atoms with Crippen LogP contribution in [0.3, 0.4) is 0 Å². The summed E-state index contributed by atoms with van der Waals surface area (Å²) in [6, 6.07) is 9.07. The molecule has 0 saturated carbocycles. The summed E-state index contributed by atoms with van der Waals surface area (Å²) in [6.07, 6.45) is 1.53. The Hall–Kier alpha value is -2.19. The summed E-state index contributed by atoms with van der Waals surface area (Å²) >= 11 is 1.28. The molecule has 0 N–H and O–H groups in total. The van der Waals surface area contributed by atoms with Crippen molar-refractivity contribution >= 4 is 22.9 Å². The third kappa shape index (κ3) is 2.17. The number of aromatic nitrogens is 1. The van der Waals surface area contributed by atoms with Gasteiger partial charge in [-0.25, -0.2) is 0 Å². The highest BCUT2D eigenvalue weighted by atomic mass is 32.1. The topological polar surface area (TPSA) is 57.0 Å². The van der Waals surface area contributed by atoms with E-state index in [9.17, 15) is 4.79 Å². The van der Waals surface area contributed by atoms with Gasteiger partial charge < -0.3 is 4.90 Å². The normalized spacial score (nSPS) is 9.65. The first-order valence-electron chi connectivity index (χ1n) is 4.89. The molecule has 0 spiro atoms. The second-order valence-corrected chi connectivity index (χ2v) is 4.25. The highest BCUT2D eigenvalue weighted by molar-refractivity contribution is 7.11. The van der Waals surface area contributed by atoms with Crippen LogP contribution in [0.2, 0.25) is 0 Å². The number of carbonyl (C=O) groups is 1. The zero-order valence-electron chi connectivity index (χ0n) is 9.12. The molecule has 1 amide bonds. The maximum atomic E-state index is 12.1. The molecule has 0 aliphatic rings. The molecule has 84 valence electrons. The summed E-state index contributed by atoms with van der Waals surface area (Å²) in [5, 5.41) is 8.98. The van der Waals surface area contributed by atoms with Gasteiger partial charge in [-0.2, -0.15) is 5.26 Å². The van der Waals surface area contributed by atoms with Crippen LogP contribution in [0, 0.1) is 11.3 Å². The van der Waals surface area contributed by atoms with Gasteiger partial charge in [-0.05, 0) is 12.1 Å². The van der Waals surface area contributed by atoms with Gasteiger partial charge >= 0.3 is 0 Å². The molecule has 1 heterocycles. The third-order valence-electron chi connectivity index (χ3n) is 2.33. The maximum absolute atomic E-state index is 12.1. The first kappa shape index (κ1) is 11.3. The summed E-state index contributed by atoms with van der Waals surface area (Å²) in [4.78, 5) is 17.9. The molecule has 1 aromatic carbocycles. The average Bonchev–Trinajstić information content (AvgIpc) is 2.90. The van der Waals surface area contributed by atoms with Gasteiger partial charge in [0, 0.05) is 7.05 Å². The van der Waals surface area contributed by atoms with E-state index in [4.69, 9.17) is 5.26 Å². The minimum atomic E-state index is -0.157. The van der Waals surface area contributed by atoms with Crippen molar-refractivity contribution in [3.63, 3.8) is 0 Å². The largest absolute Gasteiger partial charge is 0.309 e. The molecule has 0 aliphatic carbocycles. The van der Waals surface area contributed by atoms with E-state index in [1.54, 1.807) is 36.8 Å². The molecule has 0 radical (unpaired) electrons. The second kappa shape index (κ2) is 4.76. The molecule has 0 saturated heterocycles. The lowest BCUT2D eigenvalue weighted by Gasteiger charge is -2.17. The van der Waals surface area contributed by atoms with Crippen LogP contribution in [0.25, 0.3) is 0 Å². The number of hydrogen-bond donors (Lipinski definition) is 0. The molecule has 5 heteroatoms. The number of nitriles is 1. The van der Waals surface area contributed by atoms with Gasteiger partial charge in [-0.3, -0.25) is 9.78 Å². The maximum Gasteiger partial charge on any atom is 0.269 e. The monoisotopic (exact) mass is 243 g/mol. The van der Waals surface area contributed by atoms with Crippen molar-refractivity contribution in [2.24, 2.45) is 0 Å². The second-order valence-electron chi connectivity index (χ2n) is 3.36. The van der Waals surface area contributed by atoms with Crippen molar-refractivity contribution in [3.8, 4) is 6.07 Å². The summed E-state index contributed by atoms with van der Waals surface area (Å²) in [6.45, 7) is 0. The number of nitrogens with zero attached hydrogens (tertiary/aromatic N) is 3. The summed E-state index contributed by atoms with van der Waals surface area (Å²) in [5.74, 6) is -0.157. The van der Waals surface area contributed by atoms with Gasteiger partial charge in [-0.1, -0.05) is 12.1 Å². The van der Waals surface area contributed by atoms with E-state index in [1.165, 1.54) is 22.4 Å². The lowest BCUT2D eigenvalue weighted by molar-refractivity contribution is 0.0996. The Morgan fingerprint density at radius 3 is 2.88 bits per heavy atom. The Kier molecular flexibility index (Phi) is 3.17. The SMILES string of the molecule is CN(C(=O)c1cncs1)c1ccccc1C#N. The molecular formula is C12H9N3OS. The van der Waals surface area contributed by atoms with Crippen molar-refractivity contribution in [1.29, 1.82) is 5.26 Å². The van der Waals surface area contributed by atoms with Crippen LogP contribution in [0.5, 0.6) is 0 Å². The van der Waals surface area contributed by atoms with E-state index in [0.717, 1.165) is 0 Å². The molecule has 0 fully saturated rings. The lowest BCUT2D eigenvalue weighted by atomic mass is 10.2. The molecular weight excluding hydrogens is 234 g/mol. The van der Waals surface area contributed by atoms with Crippen molar-refractivity contribution in [2.45, 2.75) is 0 Å². The number of rotatable bonds is 2. The van der Waals surface area contributed by atoms with Crippen molar-refractivity contribution in [2.75, 3.05) is 11.9 Å². The Bertz CT molecular complexity index is 572. The molecule has 0 atom stereocenters. The standard InChI is InChI=1S/C12H9N3OS/c1-15(12(16)11-7-14-8-17-11)10-5-3-2-4-9(10)6-13/h2-5,7-8H,1H3. The number of anilines is 1. The number of thiazole rings is 1. The molecule has 0 aliphatic heterocycles. The van der Waals surface area contributed by atoms with Gasteiger partial charge in [0.1, 0.15) is 10.9 Å². The minimum absolute atomic E-state index is 0.157. The molecule has 1 aromatic heterocycles. The van der Waals surface area contributed by atoms with Crippen molar-refractivity contribution in [1.82, 2.24) is 4.98 Å². The van der Waals surface area contributed by atoms with Crippen molar-refractivity contribution < 1.29 is 4.79 Å². The number of benzene rings is 1. The van der Waals surface area contributed by atoms with E-state index in [-0.39, 0.29) is 5.91 Å². The van der Waals surface area contributed by atoms with Crippen LogP contribution in [0.15, 0.2) is 36.0 Å². The molecule has 0 bridgehead atoms. The van der Waals surface area contributed by atoms with Gasteiger partial charge in [0.2, 0.25) is 0 Å². The number of carbonyl (C=O) groups excluding carboxylic acids is 1. The van der Waals surface area contributed by atoms with Gasteiger partial charge in [0.05, 0.1) is 23.0 Å². The molecule has 0 unspecified atom stereocenters. The lowest BCUT2D eigenvalue weighted by Crippen LogP contribution is -2.26. The molecule has 4 nitrogen and oxygen atoms in total. The van der Waals surface area contributed by atoms with E-state index >= 15 is 0 Å². The minimum Gasteiger partial charge on any atom is -0.309 e. The predicted molar refractivity (Wildman–Crippen MR) is 66.0 cm³/mol. The third-order valence-corrected chi connectivity index (χ3v) is 3.09. The van der Waals surface area contributed by atoms with Crippen LogP contribution >= 0.6 is 11.3 Å². The van der Waals surface area contributed by atoms with Crippen LogP contribution < -0.4 is 4.90 Å². The first-order chi connectivity index (χ1) is 8.24. The van der Waals surface area contributed by atoms with E-state index in [0.29, 0.717) is 16.1 Å². The summed E-state index contributed by atoms with van der Waals surface area (Å²) < 4.78 is 0. The summed E-state index contributed by atoms with van der Waals surface area (Å²) in [5.41, 5.74) is 2.69. The molecule has 2 rings (SSSR count). The van der Waals surface area contributed by atoms with E-state index in [1.807, 2.05) is 0 Å². The highest BCUT2D eigenvalue weighted by Crippen LogP contribution is 2.21. The van der Waals surface area contributed by atoms with E-state index < -0.39 is 0 Å². The first-order valence-corrected chi connectivity index (χ1v) is 5.77. The van der Waals surface area contributed by atoms with Crippen LogP contribution in [-0.4, -0.2) is 17.9 Å². The Morgan fingerprint density at radius 1 is 1.47 bits per heavy atom. The average molecular weight is 243 g/mol. The van der Waals surface area contributed by atoms with Gasteiger partial charge in [0.15, 0.2) is 0 Å². The smallest absolute Gasteiger partial charge is 0.269 e. The Labute approximate surface area is 103 Å². The number of hydrogen-bond acceptors (Lipinski definition) is 4. The predicted octanol–water partition coefficient (Wildman–Crippen LogP) is 2.29. The zero-order valence-corrected chi connectivity index (χ0v) is 9.94. The van der Waals surface area contributed by atoms with Gasteiger partial charge in [-0.15, -0.1) is 11.3 Å². The number of para-hydroxylation sites is 1. The molecule has 2 aromatic rings. The fourth-order valence-electron chi connectivity index (χ4n) is 1.46. The van der Waals surface area contributed by atoms with Gasteiger partial charge in [0.25, 0.3) is 5.91 Å². The number of amides is 1.